The zero-order valence-electron chi connectivity index (χ0n) is 18.9. The molecule has 174 valence electrons. The molecule has 3 aromatic rings. The van der Waals surface area contributed by atoms with E-state index in [4.69, 9.17) is 4.74 Å². The number of amides is 1. The van der Waals surface area contributed by atoms with Crippen LogP contribution in [-0.2, 0) is 28.9 Å². The lowest BCUT2D eigenvalue weighted by Gasteiger charge is -2.26. The van der Waals surface area contributed by atoms with E-state index in [-0.39, 0.29) is 17.8 Å². The Hall–Kier alpha value is -3.35. The lowest BCUT2D eigenvalue weighted by Crippen LogP contribution is -2.39. The molecule has 4 rings (SSSR count). The van der Waals surface area contributed by atoms with Crippen molar-refractivity contribution in [1.29, 1.82) is 0 Å². The van der Waals surface area contributed by atoms with Gasteiger partial charge in [-0.3, -0.25) is 4.79 Å². The van der Waals surface area contributed by atoms with E-state index in [1.165, 1.54) is 12.1 Å². The summed E-state index contributed by atoms with van der Waals surface area (Å²) in [7, 11) is 1.62. The average molecular weight is 453 g/mol. The number of aromatic nitrogens is 1. The number of ether oxygens (including phenoxy) is 1. The van der Waals surface area contributed by atoms with Gasteiger partial charge in [-0.15, -0.1) is 0 Å². The molecule has 2 N–H and O–H groups in total. The highest BCUT2D eigenvalue weighted by molar-refractivity contribution is 5.88. The smallest absolute Gasteiger partial charge is 0.326 e. The molecule has 0 saturated carbocycles. The van der Waals surface area contributed by atoms with Crippen LogP contribution < -0.4 is 10.1 Å². The standard InChI is InChI=1S/C26H29FN2O4/c1-3-22(26(31)32)29-23-11-7-17(27)14-20(23)21-15-18(8-12-24(21)29)28-25(30)13-6-16-4-9-19(33-2)10-5-16/h4-5,7,9-11,14,18,22H,3,6,8,12-13,15H2,1-2H3,(H,28,30)(H,31,32). The van der Waals surface area contributed by atoms with Gasteiger partial charge in [0.2, 0.25) is 5.91 Å². The summed E-state index contributed by atoms with van der Waals surface area (Å²) >= 11 is 0. The molecule has 1 aliphatic carbocycles. The number of nitrogens with zero attached hydrogens (tertiary/aromatic N) is 1. The summed E-state index contributed by atoms with van der Waals surface area (Å²) in [5.74, 6) is -0.483. The fourth-order valence-corrected chi connectivity index (χ4v) is 4.86. The van der Waals surface area contributed by atoms with E-state index in [1.54, 1.807) is 13.2 Å². The maximum atomic E-state index is 14.1. The number of rotatable bonds is 8. The number of benzene rings is 2. The van der Waals surface area contributed by atoms with Crippen molar-refractivity contribution in [1.82, 2.24) is 9.88 Å². The topological polar surface area (TPSA) is 80.6 Å². The third-order valence-electron chi connectivity index (χ3n) is 6.51. The molecule has 2 atom stereocenters. The van der Waals surface area contributed by atoms with Gasteiger partial charge in [0, 0.05) is 29.1 Å². The summed E-state index contributed by atoms with van der Waals surface area (Å²) in [6, 6.07) is 11.4. The molecule has 1 amide bonds. The number of halogens is 1. The van der Waals surface area contributed by atoms with E-state index in [2.05, 4.69) is 5.32 Å². The fraction of sp³-hybridized carbons (Fsp3) is 0.385. The van der Waals surface area contributed by atoms with E-state index in [0.717, 1.165) is 39.9 Å². The van der Waals surface area contributed by atoms with Crippen molar-refractivity contribution < 1.29 is 23.8 Å². The minimum absolute atomic E-state index is 0.0221. The molecule has 0 fully saturated rings. The summed E-state index contributed by atoms with van der Waals surface area (Å²) in [5, 5.41) is 13.6. The molecule has 1 heterocycles. The number of nitrogens with one attached hydrogen (secondary N) is 1. The average Bonchev–Trinajstić information content (AvgIpc) is 3.11. The second-order valence-corrected chi connectivity index (χ2v) is 8.57. The molecule has 0 radical (unpaired) electrons. The molecular formula is C26H29FN2O4. The Kier molecular flexibility index (Phi) is 6.67. The highest BCUT2D eigenvalue weighted by Crippen LogP contribution is 2.36. The van der Waals surface area contributed by atoms with Crippen LogP contribution in [0.1, 0.15) is 49.0 Å². The van der Waals surface area contributed by atoms with Gasteiger partial charge in [0.25, 0.3) is 0 Å². The number of carbonyl (C=O) groups excluding carboxylic acids is 1. The second kappa shape index (κ2) is 9.65. The summed E-state index contributed by atoms with van der Waals surface area (Å²) in [4.78, 5) is 24.5. The van der Waals surface area contributed by atoms with Crippen molar-refractivity contribution >= 4 is 22.8 Å². The third-order valence-corrected chi connectivity index (χ3v) is 6.51. The number of hydrogen-bond donors (Lipinski definition) is 2. The molecule has 1 aliphatic rings. The molecule has 0 spiro atoms. The summed E-state index contributed by atoms with van der Waals surface area (Å²) in [5.41, 5.74) is 3.68. The molecule has 2 unspecified atom stereocenters. The molecule has 1 aromatic heterocycles. The Morgan fingerprint density at radius 1 is 1.24 bits per heavy atom. The molecule has 7 heteroatoms. The number of carboxylic acid groups (broad SMARTS) is 1. The zero-order chi connectivity index (χ0) is 23.5. The van der Waals surface area contributed by atoms with E-state index < -0.39 is 12.0 Å². The number of carboxylic acids is 1. The third kappa shape index (κ3) is 4.72. The van der Waals surface area contributed by atoms with Crippen LogP contribution in [0.2, 0.25) is 0 Å². The van der Waals surface area contributed by atoms with Crippen molar-refractivity contribution in [3.8, 4) is 5.75 Å². The van der Waals surface area contributed by atoms with Crippen LogP contribution in [0.25, 0.3) is 10.9 Å². The Morgan fingerprint density at radius 3 is 2.67 bits per heavy atom. The molecule has 6 nitrogen and oxygen atoms in total. The maximum Gasteiger partial charge on any atom is 0.326 e. The van der Waals surface area contributed by atoms with Gasteiger partial charge in [-0.05, 0) is 73.6 Å². The van der Waals surface area contributed by atoms with E-state index in [9.17, 15) is 19.1 Å². The van der Waals surface area contributed by atoms with Crippen molar-refractivity contribution in [2.45, 2.75) is 57.5 Å². The summed E-state index contributed by atoms with van der Waals surface area (Å²) < 4.78 is 21.1. The first kappa shape index (κ1) is 22.8. The first-order valence-electron chi connectivity index (χ1n) is 11.4. The van der Waals surface area contributed by atoms with Crippen LogP contribution in [0, 0.1) is 5.82 Å². The number of methoxy groups -OCH3 is 1. The van der Waals surface area contributed by atoms with Gasteiger partial charge in [0.05, 0.1) is 7.11 Å². The van der Waals surface area contributed by atoms with Crippen LogP contribution in [0.3, 0.4) is 0 Å². The minimum atomic E-state index is -0.893. The van der Waals surface area contributed by atoms with Crippen LogP contribution in [0.5, 0.6) is 5.75 Å². The Balaban J connectivity index is 1.50. The van der Waals surface area contributed by atoms with Crippen molar-refractivity contribution in [3.05, 3.63) is 65.1 Å². The molecule has 33 heavy (non-hydrogen) atoms. The number of hydrogen-bond acceptors (Lipinski definition) is 3. The molecular weight excluding hydrogens is 423 g/mol. The Morgan fingerprint density at radius 2 is 2.00 bits per heavy atom. The number of aryl methyl sites for hydroxylation is 1. The SMILES string of the molecule is CCC(C(=O)O)n1c2c(c3cc(F)ccc31)CC(NC(=O)CCc1ccc(OC)cc1)CC2. The van der Waals surface area contributed by atoms with E-state index in [0.29, 0.717) is 32.1 Å². The minimum Gasteiger partial charge on any atom is -0.497 e. The van der Waals surface area contributed by atoms with Crippen LogP contribution in [-0.4, -0.2) is 34.7 Å². The summed E-state index contributed by atoms with van der Waals surface area (Å²) in [6.45, 7) is 1.84. The zero-order valence-corrected chi connectivity index (χ0v) is 18.9. The molecule has 2 aromatic carbocycles. The van der Waals surface area contributed by atoms with Crippen molar-refractivity contribution in [2.24, 2.45) is 0 Å². The molecule has 0 bridgehead atoms. The highest BCUT2D eigenvalue weighted by Gasteiger charge is 2.30. The van der Waals surface area contributed by atoms with Gasteiger partial charge in [0.15, 0.2) is 0 Å². The van der Waals surface area contributed by atoms with Gasteiger partial charge in [0.1, 0.15) is 17.6 Å². The molecule has 0 saturated heterocycles. The number of fused-ring (bicyclic) bond motifs is 3. The quantitative estimate of drug-likeness (QED) is 0.530. The monoisotopic (exact) mass is 452 g/mol. The van der Waals surface area contributed by atoms with Gasteiger partial charge >= 0.3 is 5.97 Å². The predicted octanol–water partition coefficient (Wildman–Crippen LogP) is 4.43. The largest absolute Gasteiger partial charge is 0.497 e. The van der Waals surface area contributed by atoms with Crippen LogP contribution in [0.4, 0.5) is 4.39 Å². The van der Waals surface area contributed by atoms with Crippen molar-refractivity contribution in [3.63, 3.8) is 0 Å². The van der Waals surface area contributed by atoms with E-state index in [1.807, 2.05) is 35.8 Å². The number of carbonyl (C=O) groups is 2. The van der Waals surface area contributed by atoms with Crippen LogP contribution >= 0.6 is 0 Å². The van der Waals surface area contributed by atoms with Gasteiger partial charge in [-0.2, -0.15) is 0 Å². The van der Waals surface area contributed by atoms with Gasteiger partial charge in [-0.25, -0.2) is 9.18 Å². The maximum absolute atomic E-state index is 14.1. The lowest BCUT2D eigenvalue weighted by molar-refractivity contribution is -0.141. The van der Waals surface area contributed by atoms with Gasteiger partial charge < -0.3 is 19.7 Å². The second-order valence-electron chi connectivity index (χ2n) is 8.57. The lowest BCUT2D eigenvalue weighted by atomic mass is 9.91. The number of aliphatic carboxylic acids is 1. The van der Waals surface area contributed by atoms with Gasteiger partial charge in [-0.1, -0.05) is 19.1 Å². The Bertz CT molecular complexity index is 1170. The first-order chi connectivity index (χ1) is 15.9. The van der Waals surface area contributed by atoms with E-state index >= 15 is 0 Å². The molecule has 0 aliphatic heterocycles. The highest BCUT2D eigenvalue weighted by atomic mass is 19.1. The summed E-state index contributed by atoms with van der Waals surface area (Å²) in [6.07, 6.45) is 3.37. The predicted molar refractivity (Wildman–Crippen MR) is 124 cm³/mol. The van der Waals surface area contributed by atoms with Crippen LogP contribution in [0.15, 0.2) is 42.5 Å². The van der Waals surface area contributed by atoms with Crippen molar-refractivity contribution in [2.75, 3.05) is 7.11 Å². The Labute approximate surface area is 192 Å². The normalized spacial score (nSPS) is 16.3. The first-order valence-corrected chi connectivity index (χ1v) is 11.4. The fourth-order valence-electron chi connectivity index (χ4n) is 4.86.